The van der Waals surface area contributed by atoms with Crippen LogP contribution in [0.4, 0.5) is 0 Å². The van der Waals surface area contributed by atoms with Gasteiger partial charge in [0.05, 0.1) is 0 Å². The van der Waals surface area contributed by atoms with Crippen LogP contribution >= 0.6 is 0 Å². The van der Waals surface area contributed by atoms with Crippen molar-refractivity contribution in [1.29, 1.82) is 0 Å². The largest absolute Gasteiger partial charge is 0.359 e. The van der Waals surface area contributed by atoms with Gasteiger partial charge in [0.25, 0.3) is 0 Å². The Morgan fingerprint density at radius 2 is 1.09 bits per heavy atom. The Bertz CT molecular complexity index is 284. The van der Waals surface area contributed by atoms with Crippen molar-refractivity contribution in [2.75, 3.05) is 66.5 Å². The summed E-state index contributed by atoms with van der Waals surface area (Å²) in [5.41, 5.74) is 11.2. The highest BCUT2D eigenvalue weighted by atomic mass is 16.2. The van der Waals surface area contributed by atoms with Gasteiger partial charge in [-0.1, -0.05) is 0 Å². The molecule has 0 heterocycles. The predicted octanol–water partition coefficient (Wildman–Crippen LogP) is -2.22. The first-order valence-corrected chi connectivity index (χ1v) is 7.83. The lowest BCUT2D eigenvalue weighted by Gasteiger charge is -2.27. The summed E-state index contributed by atoms with van der Waals surface area (Å²) in [6.07, 6.45) is 0.928. The molecule has 0 saturated heterocycles. The SMILES string of the molecule is CNC(=O)CCN(CCN)CCN(CCN)CCC(=O)NC. The topological polar surface area (TPSA) is 117 Å². The van der Waals surface area contributed by atoms with Gasteiger partial charge in [-0.2, -0.15) is 0 Å². The van der Waals surface area contributed by atoms with Gasteiger partial charge in [-0.25, -0.2) is 0 Å². The third kappa shape index (κ3) is 10.5. The van der Waals surface area contributed by atoms with E-state index in [4.69, 9.17) is 11.5 Å². The molecule has 8 heteroatoms. The Morgan fingerprint density at radius 3 is 1.36 bits per heavy atom. The van der Waals surface area contributed by atoms with Crippen LogP contribution in [-0.2, 0) is 9.59 Å². The molecule has 2 amide bonds. The summed E-state index contributed by atoms with van der Waals surface area (Å²) in [5, 5.41) is 5.24. The highest BCUT2D eigenvalue weighted by Gasteiger charge is 2.11. The van der Waals surface area contributed by atoms with Gasteiger partial charge in [0.15, 0.2) is 0 Å². The summed E-state index contributed by atoms with van der Waals surface area (Å²) >= 11 is 0. The molecule has 8 nitrogen and oxygen atoms in total. The van der Waals surface area contributed by atoms with Crippen molar-refractivity contribution >= 4 is 11.8 Å². The Labute approximate surface area is 133 Å². The standard InChI is InChI=1S/C14H32N6O2/c1-17-13(21)3-7-19(9-5-15)11-12-20(10-6-16)8-4-14(22)18-2/h3-12,15-16H2,1-2H3,(H,17,21)(H,18,22). The quantitative estimate of drug-likeness (QED) is 0.306. The van der Waals surface area contributed by atoms with Crippen LogP contribution in [-0.4, -0.2) is 88.1 Å². The molecule has 0 bridgehead atoms. The van der Waals surface area contributed by atoms with Gasteiger partial charge in [0.1, 0.15) is 0 Å². The third-order valence-corrected chi connectivity index (χ3v) is 3.49. The number of nitrogens with zero attached hydrogens (tertiary/aromatic N) is 2. The molecule has 0 radical (unpaired) electrons. The van der Waals surface area contributed by atoms with E-state index in [2.05, 4.69) is 20.4 Å². The number of nitrogens with one attached hydrogen (secondary N) is 2. The molecule has 130 valence electrons. The lowest BCUT2D eigenvalue weighted by Crippen LogP contribution is -2.41. The van der Waals surface area contributed by atoms with Crippen LogP contribution in [0.5, 0.6) is 0 Å². The summed E-state index contributed by atoms with van der Waals surface area (Å²) in [4.78, 5) is 27.0. The number of hydrogen-bond donors (Lipinski definition) is 4. The average Bonchev–Trinajstić information content (AvgIpc) is 2.53. The highest BCUT2D eigenvalue weighted by molar-refractivity contribution is 5.76. The van der Waals surface area contributed by atoms with Gasteiger partial charge >= 0.3 is 0 Å². The Balaban J connectivity index is 4.23. The summed E-state index contributed by atoms with van der Waals surface area (Å²) in [5.74, 6) is 0.0564. The van der Waals surface area contributed by atoms with Crippen LogP contribution in [0.1, 0.15) is 12.8 Å². The Morgan fingerprint density at radius 1 is 0.727 bits per heavy atom. The zero-order valence-corrected chi connectivity index (χ0v) is 13.9. The number of nitrogens with two attached hydrogens (primary N) is 2. The van der Waals surface area contributed by atoms with Gasteiger partial charge in [-0.3, -0.25) is 9.59 Å². The van der Waals surface area contributed by atoms with E-state index in [-0.39, 0.29) is 11.8 Å². The molecular formula is C14H32N6O2. The van der Waals surface area contributed by atoms with E-state index in [9.17, 15) is 9.59 Å². The first kappa shape index (κ1) is 20.8. The van der Waals surface area contributed by atoms with Crippen molar-refractivity contribution < 1.29 is 9.59 Å². The maximum Gasteiger partial charge on any atom is 0.221 e. The molecule has 0 aromatic carbocycles. The zero-order valence-electron chi connectivity index (χ0n) is 13.9. The molecule has 0 aliphatic rings. The van der Waals surface area contributed by atoms with Crippen molar-refractivity contribution in [3.05, 3.63) is 0 Å². The lowest BCUT2D eigenvalue weighted by molar-refractivity contribution is -0.121. The van der Waals surface area contributed by atoms with Gasteiger partial charge < -0.3 is 31.9 Å². The van der Waals surface area contributed by atoms with E-state index in [1.807, 2.05) is 0 Å². The fourth-order valence-corrected chi connectivity index (χ4v) is 2.09. The Kier molecular flexibility index (Phi) is 12.7. The minimum absolute atomic E-state index is 0.0282. The second kappa shape index (κ2) is 13.4. The molecule has 0 aliphatic carbocycles. The first-order valence-electron chi connectivity index (χ1n) is 7.83. The second-order valence-electron chi connectivity index (χ2n) is 5.11. The predicted molar refractivity (Wildman–Crippen MR) is 88.4 cm³/mol. The van der Waals surface area contributed by atoms with Gasteiger partial charge in [-0.15, -0.1) is 0 Å². The molecule has 0 aromatic rings. The van der Waals surface area contributed by atoms with Crippen LogP contribution in [0.15, 0.2) is 0 Å². The van der Waals surface area contributed by atoms with Crippen LogP contribution in [0.25, 0.3) is 0 Å². The van der Waals surface area contributed by atoms with E-state index in [1.54, 1.807) is 14.1 Å². The normalized spacial score (nSPS) is 11.0. The minimum atomic E-state index is 0.0282. The van der Waals surface area contributed by atoms with E-state index in [0.29, 0.717) is 39.0 Å². The van der Waals surface area contributed by atoms with Gasteiger partial charge in [-0.05, 0) is 0 Å². The van der Waals surface area contributed by atoms with Gasteiger partial charge in [0.2, 0.25) is 11.8 Å². The minimum Gasteiger partial charge on any atom is -0.359 e. The molecular weight excluding hydrogens is 284 g/mol. The van der Waals surface area contributed by atoms with Gasteiger partial charge in [0, 0.05) is 79.3 Å². The molecule has 0 saturated carbocycles. The third-order valence-electron chi connectivity index (χ3n) is 3.49. The monoisotopic (exact) mass is 316 g/mol. The first-order chi connectivity index (χ1) is 10.6. The summed E-state index contributed by atoms with van der Waals surface area (Å²) < 4.78 is 0. The van der Waals surface area contributed by atoms with E-state index in [1.165, 1.54) is 0 Å². The molecule has 0 atom stereocenters. The number of rotatable bonds is 13. The molecule has 22 heavy (non-hydrogen) atoms. The average molecular weight is 316 g/mol. The number of carbonyl (C=O) groups is 2. The van der Waals surface area contributed by atoms with E-state index < -0.39 is 0 Å². The van der Waals surface area contributed by atoms with Crippen molar-refractivity contribution in [2.45, 2.75) is 12.8 Å². The molecule has 0 unspecified atom stereocenters. The van der Waals surface area contributed by atoms with Crippen molar-refractivity contribution in [3.63, 3.8) is 0 Å². The van der Waals surface area contributed by atoms with E-state index in [0.717, 1.165) is 26.2 Å². The van der Waals surface area contributed by atoms with Crippen LogP contribution < -0.4 is 22.1 Å². The van der Waals surface area contributed by atoms with Crippen molar-refractivity contribution in [1.82, 2.24) is 20.4 Å². The van der Waals surface area contributed by atoms with Crippen molar-refractivity contribution in [2.24, 2.45) is 11.5 Å². The Hall–Kier alpha value is -1.22. The number of hydrogen-bond acceptors (Lipinski definition) is 6. The summed E-state index contributed by atoms with van der Waals surface area (Å²) in [6.45, 7) is 5.60. The molecule has 0 fully saturated rings. The highest BCUT2D eigenvalue weighted by Crippen LogP contribution is 1.96. The maximum absolute atomic E-state index is 11.3. The summed E-state index contributed by atoms with van der Waals surface area (Å²) in [7, 11) is 3.27. The van der Waals surface area contributed by atoms with Crippen LogP contribution in [0.3, 0.4) is 0 Å². The summed E-state index contributed by atoms with van der Waals surface area (Å²) in [6, 6.07) is 0. The fraction of sp³-hybridized carbons (Fsp3) is 0.857. The lowest BCUT2D eigenvalue weighted by atomic mass is 10.3. The van der Waals surface area contributed by atoms with Crippen LogP contribution in [0, 0.1) is 0 Å². The molecule has 0 rings (SSSR count). The van der Waals surface area contributed by atoms with Crippen LogP contribution in [0.2, 0.25) is 0 Å². The molecule has 0 spiro atoms. The number of carbonyl (C=O) groups excluding carboxylic acids is 2. The fourth-order valence-electron chi connectivity index (χ4n) is 2.09. The van der Waals surface area contributed by atoms with E-state index >= 15 is 0 Å². The molecule has 0 aromatic heterocycles. The maximum atomic E-state index is 11.3. The smallest absolute Gasteiger partial charge is 0.221 e. The second-order valence-corrected chi connectivity index (χ2v) is 5.11. The van der Waals surface area contributed by atoms with Crippen molar-refractivity contribution in [3.8, 4) is 0 Å². The molecule has 6 N–H and O–H groups in total. The molecule has 0 aliphatic heterocycles. The number of amides is 2. The zero-order chi connectivity index (χ0) is 16.8.